The fraction of sp³-hybridized carbons (Fsp3) is 0.294. The lowest BCUT2D eigenvalue weighted by Crippen LogP contribution is -2.28. The molecule has 0 saturated heterocycles. The van der Waals surface area contributed by atoms with E-state index in [1.54, 1.807) is 24.3 Å². The molecule has 0 spiro atoms. The number of esters is 1. The van der Waals surface area contributed by atoms with E-state index in [0.717, 1.165) is 0 Å². The monoisotopic (exact) mass is 329 g/mol. The molecular weight excluding hydrogens is 310 g/mol. The van der Waals surface area contributed by atoms with E-state index in [0.29, 0.717) is 11.4 Å². The van der Waals surface area contributed by atoms with E-state index in [-0.39, 0.29) is 23.6 Å². The minimum atomic E-state index is -0.550. The summed E-state index contributed by atoms with van der Waals surface area (Å²) in [5.41, 5.74) is 0.945. The second-order valence-electron chi connectivity index (χ2n) is 5.52. The van der Waals surface area contributed by atoms with Crippen LogP contribution in [0.3, 0.4) is 0 Å². The summed E-state index contributed by atoms with van der Waals surface area (Å²) in [4.78, 5) is 40.0. The highest BCUT2D eigenvalue weighted by Gasteiger charge is 2.14. The van der Waals surface area contributed by atoms with Gasteiger partial charge in [0.15, 0.2) is 0 Å². The van der Waals surface area contributed by atoms with E-state index < -0.39 is 11.9 Å². The van der Waals surface area contributed by atoms with Crippen LogP contribution < -0.4 is 10.9 Å². The summed E-state index contributed by atoms with van der Waals surface area (Å²) in [5.74, 6) is -0.855. The van der Waals surface area contributed by atoms with Gasteiger partial charge in [0.25, 0.3) is 5.56 Å². The van der Waals surface area contributed by atoms with Gasteiger partial charge in [-0.25, -0.2) is 9.78 Å². The number of amides is 1. The Kier molecular flexibility index (Phi) is 5.47. The highest BCUT2D eigenvalue weighted by Crippen LogP contribution is 2.16. The zero-order valence-corrected chi connectivity index (χ0v) is 13.8. The van der Waals surface area contributed by atoms with Gasteiger partial charge in [-0.1, -0.05) is 26.0 Å². The van der Waals surface area contributed by atoms with Crippen LogP contribution in [-0.4, -0.2) is 28.5 Å². The van der Waals surface area contributed by atoms with E-state index in [1.165, 1.54) is 24.1 Å². The Balaban J connectivity index is 2.15. The second kappa shape index (κ2) is 7.54. The molecule has 7 nitrogen and oxygen atoms in total. The lowest BCUT2D eigenvalue weighted by molar-refractivity contribution is -0.116. The normalized spacial score (nSPS) is 10.5. The van der Waals surface area contributed by atoms with Gasteiger partial charge in [0.2, 0.25) is 5.91 Å². The minimum Gasteiger partial charge on any atom is -0.465 e. The molecule has 0 radical (unpaired) electrons. The number of nitrogens with zero attached hydrogens (tertiary/aromatic N) is 2. The summed E-state index contributed by atoms with van der Waals surface area (Å²) < 4.78 is 5.89. The van der Waals surface area contributed by atoms with Gasteiger partial charge in [-0.15, -0.1) is 0 Å². The van der Waals surface area contributed by atoms with Crippen molar-refractivity contribution in [3.05, 3.63) is 58.3 Å². The number of nitrogens with one attached hydrogen (secondary N) is 1. The first-order valence-electron chi connectivity index (χ1n) is 7.46. The van der Waals surface area contributed by atoms with Crippen LogP contribution in [0.25, 0.3) is 0 Å². The Bertz CT molecular complexity index is 811. The van der Waals surface area contributed by atoms with Crippen molar-refractivity contribution in [3.63, 3.8) is 0 Å². The largest absolute Gasteiger partial charge is 0.465 e. The quantitative estimate of drug-likeness (QED) is 0.845. The second-order valence-corrected chi connectivity index (χ2v) is 5.52. The van der Waals surface area contributed by atoms with E-state index in [2.05, 4.69) is 15.0 Å². The summed E-state index contributed by atoms with van der Waals surface area (Å²) in [6.45, 7) is 3.67. The Hall–Kier alpha value is -2.96. The number of aromatic nitrogens is 2. The zero-order chi connectivity index (χ0) is 17.7. The van der Waals surface area contributed by atoms with E-state index in [4.69, 9.17) is 0 Å². The van der Waals surface area contributed by atoms with Gasteiger partial charge in [-0.3, -0.25) is 14.2 Å². The lowest BCUT2D eigenvalue weighted by atomic mass is 10.1. The standard InChI is InChI=1S/C17H19N3O4/c1-11(2)14-8-16(22)20(10-18-14)9-15(21)19-13-7-5-4-6-12(13)17(23)24-3/h4-8,10-11H,9H2,1-3H3,(H,19,21). The van der Waals surface area contributed by atoms with Gasteiger partial charge >= 0.3 is 5.97 Å². The maximum atomic E-state index is 12.2. The smallest absolute Gasteiger partial charge is 0.339 e. The lowest BCUT2D eigenvalue weighted by Gasteiger charge is -2.11. The molecule has 1 amide bonds. The fourth-order valence-electron chi connectivity index (χ4n) is 2.10. The number of ether oxygens (including phenoxy) is 1. The van der Waals surface area contributed by atoms with Crippen LogP contribution in [0, 0.1) is 0 Å². The van der Waals surface area contributed by atoms with Crippen LogP contribution in [0.1, 0.15) is 35.8 Å². The molecule has 0 aliphatic rings. The summed E-state index contributed by atoms with van der Waals surface area (Å²) in [6, 6.07) is 7.91. The third-order valence-electron chi connectivity index (χ3n) is 3.41. The molecule has 1 aromatic carbocycles. The number of benzene rings is 1. The van der Waals surface area contributed by atoms with Crippen LogP contribution in [0.4, 0.5) is 5.69 Å². The van der Waals surface area contributed by atoms with Gasteiger partial charge in [-0.05, 0) is 18.1 Å². The third-order valence-corrected chi connectivity index (χ3v) is 3.41. The zero-order valence-electron chi connectivity index (χ0n) is 13.8. The molecular formula is C17H19N3O4. The van der Waals surface area contributed by atoms with E-state index in [9.17, 15) is 14.4 Å². The van der Waals surface area contributed by atoms with Crippen molar-refractivity contribution in [1.82, 2.24) is 9.55 Å². The fourth-order valence-corrected chi connectivity index (χ4v) is 2.10. The molecule has 24 heavy (non-hydrogen) atoms. The van der Waals surface area contributed by atoms with Crippen LogP contribution in [0.15, 0.2) is 41.5 Å². The minimum absolute atomic E-state index is 0.133. The van der Waals surface area contributed by atoms with Crippen LogP contribution in [0.2, 0.25) is 0 Å². The number of carbonyl (C=O) groups excluding carboxylic acids is 2. The topological polar surface area (TPSA) is 90.3 Å². The number of methoxy groups -OCH3 is 1. The maximum Gasteiger partial charge on any atom is 0.339 e. The van der Waals surface area contributed by atoms with Gasteiger partial charge in [0, 0.05) is 6.07 Å². The molecule has 0 fully saturated rings. The van der Waals surface area contributed by atoms with Gasteiger partial charge < -0.3 is 10.1 Å². The third kappa shape index (κ3) is 4.07. The van der Waals surface area contributed by atoms with Crippen molar-refractivity contribution in [1.29, 1.82) is 0 Å². The SMILES string of the molecule is COC(=O)c1ccccc1NC(=O)Cn1cnc(C(C)C)cc1=O. The van der Waals surface area contributed by atoms with Crippen molar-refractivity contribution in [2.45, 2.75) is 26.3 Å². The van der Waals surface area contributed by atoms with Crippen molar-refractivity contribution in [2.24, 2.45) is 0 Å². The van der Waals surface area contributed by atoms with Crippen LogP contribution in [-0.2, 0) is 16.1 Å². The number of rotatable bonds is 5. The molecule has 1 aromatic heterocycles. The molecule has 0 saturated carbocycles. The molecule has 1 N–H and O–H groups in total. The van der Waals surface area contributed by atoms with E-state index >= 15 is 0 Å². The first kappa shape index (κ1) is 17.4. The molecule has 2 aromatic rings. The van der Waals surface area contributed by atoms with Crippen LogP contribution >= 0.6 is 0 Å². The molecule has 0 atom stereocenters. The predicted octanol–water partition coefficient (Wildman–Crippen LogP) is 1.79. The molecule has 2 rings (SSSR count). The highest BCUT2D eigenvalue weighted by atomic mass is 16.5. The molecule has 1 heterocycles. The van der Waals surface area contributed by atoms with Crippen molar-refractivity contribution >= 4 is 17.6 Å². The molecule has 0 unspecified atom stereocenters. The summed E-state index contributed by atoms with van der Waals surface area (Å²) in [6.07, 6.45) is 1.35. The Morgan fingerprint density at radius 1 is 1.29 bits per heavy atom. The average Bonchev–Trinajstić information content (AvgIpc) is 2.56. The molecule has 0 bridgehead atoms. The summed E-state index contributed by atoms with van der Waals surface area (Å²) in [5, 5.41) is 2.61. The van der Waals surface area contributed by atoms with Gasteiger partial charge in [0.1, 0.15) is 6.54 Å². The van der Waals surface area contributed by atoms with Gasteiger partial charge in [0.05, 0.1) is 30.4 Å². The highest BCUT2D eigenvalue weighted by molar-refractivity contribution is 6.01. The van der Waals surface area contributed by atoms with Crippen LogP contribution in [0.5, 0.6) is 0 Å². The first-order chi connectivity index (χ1) is 11.4. The number of hydrogen-bond donors (Lipinski definition) is 1. The molecule has 0 aliphatic heterocycles. The Morgan fingerprint density at radius 3 is 2.62 bits per heavy atom. The Labute approximate surface area is 139 Å². The van der Waals surface area contributed by atoms with Crippen molar-refractivity contribution < 1.29 is 14.3 Å². The van der Waals surface area contributed by atoms with E-state index in [1.807, 2.05) is 13.8 Å². The number of carbonyl (C=O) groups is 2. The summed E-state index contributed by atoms with van der Waals surface area (Å²) in [7, 11) is 1.27. The number of para-hydroxylation sites is 1. The molecule has 126 valence electrons. The first-order valence-corrected chi connectivity index (χ1v) is 7.46. The van der Waals surface area contributed by atoms with Crippen molar-refractivity contribution in [3.8, 4) is 0 Å². The average molecular weight is 329 g/mol. The maximum absolute atomic E-state index is 12.2. The Morgan fingerprint density at radius 2 is 2.00 bits per heavy atom. The predicted molar refractivity (Wildman–Crippen MR) is 89.0 cm³/mol. The summed E-state index contributed by atoms with van der Waals surface area (Å²) >= 11 is 0. The number of anilines is 1. The van der Waals surface area contributed by atoms with Gasteiger partial charge in [-0.2, -0.15) is 0 Å². The van der Waals surface area contributed by atoms with Crippen molar-refractivity contribution in [2.75, 3.05) is 12.4 Å². The number of hydrogen-bond acceptors (Lipinski definition) is 5. The molecule has 7 heteroatoms. The molecule has 0 aliphatic carbocycles.